The quantitative estimate of drug-likeness (QED) is 0.543. The summed E-state index contributed by atoms with van der Waals surface area (Å²) in [6.07, 6.45) is 4.52. The highest BCUT2D eigenvalue weighted by Gasteiger charge is 2.34. The number of nitrogens with zero attached hydrogens (tertiary/aromatic N) is 2. The van der Waals surface area contributed by atoms with Gasteiger partial charge in [-0.05, 0) is 74.7 Å². The van der Waals surface area contributed by atoms with Crippen molar-refractivity contribution in [1.82, 2.24) is 10.3 Å². The van der Waals surface area contributed by atoms with E-state index in [2.05, 4.69) is 58.6 Å². The maximum atomic E-state index is 13.3. The van der Waals surface area contributed by atoms with Crippen molar-refractivity contribution in [2.75, 3.05) is 16.8 Å². The zero-order chi connectivity index (χ0) is 24.1. The third-order valence-corrected chi connectivity index (χ3v) is 8.48. The summed E-state index contributed by atoms with van der Waals surface area (Å²) in [6, 6.07) is 18.2. The molecule has 4 rings (SSSR count). The number of urea groups is 1. The van der Waals surface area contributed by atoms with Crippen molar-refractivity contribution in [3.63, 3.8) is 0 Å². The standard InChI is InChI=1S/C26H30N4O3S/c1-19-5-9-23(10-6-19)30-15-13-25(16-20(30)2)34(32,33)24-11-7-22(8-12-24)29-26(31)28-18-21-4-3-14-27-17-21/h3-12,14,17,20,25H,13,15-16,18H2,1-2H3,(H2,28,29,31)/t20-,25?/m0/s1. The van der Waals surface area contributed by atoms with Crippen molar-refractivity contribution in [1.29, 1.82) is 0 Å². The van der Waals surface area contributed by atoms with E-state index in [4.69, 9.17) is 0 Å². The van der Waals surface area contributed by atoms with E-state index in [0.717, 1.165) is 11.3 Å². The predicted octanol–water partition coefficient (Wildman–Crippen LogP) is 4.54. The van der Waals surface area contributed by atoms with Crippen LogP contribution in [0.5, 0.6) is 0 Å². The number of hydrogen-bond acceptors (Lipinski definition) is 5. The largest absolute Gasteiger partial charge is 0.369 e. The number of piperidine rings is 1. The molecule has 0 saturated carbocycles. The van der Waals surface area contributed by atoms with Crippen LogP contribution in [0.1, 0.15) is 30.9 Å². The highest BCUT2D eigenvalue weighted by Crippen LogP contribution is 2.31. The second-order valence-corrected chi connectivity index (χ2v) is 11.0. The number of benzene rings is 2. The summed E-state index contributed by atoms with van der Waals surface area (Å²) in [6.45, 7) is 5.19. The van der Waals surface area contributed by atoms with Crippen LogP contribution in [0.25, 0.3) is 0 Å². The molecular weight excluding hydrogens is 448 g/mol. The van der Waals surface area contributed by atoms with Crippen LogP contribution in [0.4, 0.5) is 16.2 Å². The first-order valence-corrected chi connectivity index (χ1v) is 13.0. The Bertz CT molecular complexity index is 1210. The SMILES string of the molecule is Cc1ccc(N2CCC(S(=O)(=O)c3ccc(NC(=O)NCc4cccnc4)cc3)C[C@@H]2C)cc1. The summed E-state index contributed by atoms with van der Waals surface area (Å²) in [5, 5.41) is 5.06. The highest BCUT2D eigenvalue weighted by molar-refractivity contribution is 7.92. The van der Waals surface area contributed by atoms with Gasteiger partial charge in [-0.25, -0.2) is 13.2 Å². The molecule has 1 aliphatic heterocycles. The Morgan fingerprint density at radius 1 is 1.09 bits per heavy atom. The third kappa shape index (κ3) is 5.56. The summed E-state index contributed by atoms with van der Waals surface area (Å²) < 4.78 is 26.6. The van der Waals surface area contributed by atoms with Gasteiger partial charge in [0.05, 0.1) is 10.1 Å². The monoisotopic (exact) mass is 478 g/mol. The molecule has 0 bridgehead atoms. The smallest absolute Gasteiger partial charge is 0.319 e. The van der Waals surface area contributed by atoms with E-state index >= 15 is 0 Å². The first-order chi connectivity index (χ1) is 16.3. The molecule has 0 radical (unpaired) electrons. The van der Waals surface area contributed by atoms with E-state index in [0.29, 0.717) is 31.6 Å². The molecule has 34 heavy (non-hydrogen) atoms. The molecule has 7 nitrogen and oxygen atoms in total. The van der Waals surface area contributed by atoms with Gasteiger partial charge in [0.1, 0.15) is 0 Å². The second-order valence-electron chi connectivity index (χ2n) is 8.76. The lowest BCUT2D eigenvalue weighted by atomic mass is 10.0. The van der Waals surface area contributed by atoms with Crippen molar-refractivity contribution in [3.8, 4) is 0 Å². The fraction of sp³-hybridized carbons (Fsp3) is 0.308. The van der Waals surface area contributed by atoms with E-state index < -0.39 is 15.1 Å². The Labute approximate surface area is 201 Å². The Balaban J connectivity index is 1.35. The van der Waals surface area contributed by atoms with E-state index in [1.54, 1.807) is 42.7 Å². The van der Waals surface area contributed by atoms with Crippen LogP contribution in [0, 0.1) is 6.92 Å². The van der Waals surface area contributed by atoms with Crippen molar-refractivity contribution < 1.29 is 13.2 Å². The normalized spacial score (nSPS) is 18.4. The first kappa shape index (κ1) is 23.8. The Morgan fingerprint density at radius 3 is 2.47 bits per heavy atom. The zero-order valence-corrected chi connectivity index (χ0v) is 20.3. The molecule has 1 unspecified atom stereocenters. The molecule has 2 atom stereocenters. The minimum absolute atomic E-state index is 0.126. The van der Waals surface area contributed by atoms with E-state index in [-0.39, 0.29) is 17.0 Å². The molecule has 3 aromatic rings. The zero-order valence-electron chi connectivity index (χ0n) is 19.4. The van der Waals surface area contributed by atoms with Gasteiger partial charge >= 0.3 is 6.03 Å². The molecule has 8 heteroatoms. The number of rotatable bonds is 6. The summed E-state index contributed by atoms with van der Waals surface area (Å²) in [7, 11) is -3.46. The van der Waals surface area contributed by atoms with Crippen LogP contribution < -0.4 is 15.5 Å². The number of carbonyl (C=O) groups excluding carboxylic acids is 1. The van der Waals surface area contributed by atoms with Gasteiger partial charge < -0.3 is 15.5 Å². The number of aryl methyl sites for hydroxylation is 1. The van der Waals surface area contributed by atoms with Crippen LogP contribution in [0.3, 0.4) is 0 Å². The second kappa shape index (κ2) is 10.3. The molecule has 1 saturated heterocycles. The predicted molar refractivity (Wildman–Crippen MR) is 135 cm³/mol. The van der Waals surface area contributed by atoms with Crippen molar-refractivity contribution in [3.05, 3.63) is 84.2 Å². The number of amides is 2. The number of sulfone groups is 1. The Morgan fingerprint density at radius 2 is 1.82 bits per heavy atom. The fourth-order valence-corrected chi connectivity index (χ4v) is 6.16. The van der Waals surface area contributed by atoms with Gasteiger partial charge in [-0.15, -0.1) is 0 Å². The molecular formula is C26H30N4O3S. The van der Waals surface area contributed by atoms with Crippen LogP contribution in [0.15, 0.2) is 78.0 Å². The van der Waals surface area contributed by atoms with Gasteiger partial charge in [-0.1, -0.05) is 23.8 Å². The Hall–Kier alpha value is -3.39. The topological polar surface area (TPSA) is 91.4 Å². The molecule has 1 aromatic heterocycles. The average molecular weight is 479 g/mol. The van der Waals surface area contributed by atoms with E-state index in [9.17, 15) is 13.2 Å². The molecule has 2 aromatic carbocycles. The van der Waals surface area contributed by atoms with Crippen molar-refractivity contribution in [2.45, 2.75) is 49.4 Å². The maximum Gasteiger partial charge on any atom is 0.319 e. The maximum absolute atomic E-state index is 13.3. The van der Waals surface area contributed by atoms with Gasteiger partial charge in [0, 0.05) is 42.9 Å². The lowest BCUT2D eigenvalue weighted by Gasteiger charge is -2.39. The van der Waals surface area contributed by atoms with Crippen LogP contribution in [-0.4, -0.2) is 37.3 Å². The first-order valence-electron chi connectivity index (χ1n) is 11.4. The van der Waals surface area contributed by atoms with E-state index in [1.807, 2.05) is 6.07 Å². The highest BCUT2D eigenvalue weighted by atomic mass is 32.2. The lowest BCUT2D eigenvalue weighted by molar-refractivity contribution is 0.251. The number of aromatic nitrogens is 1. The number of hydrogen-bond donors (Lipinski definition) is 2. The summed E-state index contributed by atoms with van der Waals surface area (Å²) in [5.74, 6) is 0. The van der Waals surface area contributed by atoms with Crippen LogP contribution >= 0.6 is 0 Å². The summed E-state index contributed by atoms with van der Waals surface area (Å²) in [4.78, 5) is 18.7. The molecule has 0 aliphatic carbocycles. The van der Waals surface area contributed by atoms with Gasteiger partial charge in [-0.2, -0.15) is 0 Å². The summed E-state index contributed by atoms with van der Waals surface area (Å²) in [5.41, 5.74) is 3.76. The minimum Gasteiger partial charge on any atom is -0.369 e. The van der Waals surface area contributed by atoms with Gasteiger partial charge in [0.15, 0.2) is 9.84 Å². The third-order valence-electron chi connectivity index (χ3n) is 6.25. The lowest BCUT2D eigenvalue weighted by Crippen LogP contribution is -2.45. The summed E-state index contributed by atoms with van der Waals surface area (Å²) >= 11 is 0. The minimum atomic E-state index is -3.46. The molecule has 1 aliphatic rings. The average Bonchev–Trinajstić information content (AvgIpc) is 2.84. The molecule has 2 N–H and O–H groups in total. The molecule has 2 heterocycles. The van der Waals surface area contributed by atoms with Gasteiger partial charge in [-0.3, -0.25) is 4.98 Å². The Kier molecular flexibility index (Phi) is 7.17. The molecule has 1 fully saturated rings. The number of anilines is 2. The molecule has 178 valence electrons. The van der Waals surface area contributed by atoms with E-state index in [1.165, 1.54) is 5.56 Å². The molecule has 2 amide bonds. The van der Waals surface area contributed by atoms with Crippen LogP contribution in [-0.2, 0) is 16.4 Å². The van der Waals surface area contributed by atoms with Gasteiger partial charge in [0.25, 0.3) is 0 Å². The fourth-order valence-electron chi connectivity index (χ4n) is 4.31. The van der Waals surface area contributed by atoms with Crippen molar-refractivity contribution >= 4 is 27.2 Å². The molecule has 0 spiro atoms. The van der Waals surface area contributed by atoms with Crippen LogP contribution in [0.2, 0.25) is 0 Å². The van der Waals surface area contributed by atoms with Crippen molar-refractivity contribution in [2.24, 2.45) is 0 Å². The van der Waals surface area contributed by atoms with Gasteiger partial charge in [0.2, 0.25) is 0 Å². The number of carbonyl (C=O) groups is 1. The number of nitrogens with one attached hydrogen (secondary N) is 2. The number of pyridine rings is 1.